The van der Waals surface area contributed by atoms with Gasteiger partial charge in [0.15, 0.2) is 0 Å². The molecule has 0 radical (unpaired) electrons. The van der Waals surface area contributed by atoms with E-state index in [2.05, 4.69) is 21.0 Å². The van der Waals surface area contributed by atoms with E-state index in [4.69, 9.17) is 16.0 Å². The average molecular weight is 442 g/mol. The van der Waals surface area contributed by atoms with E-state index >= 15 is 0 Å². The maximum Gasteiger partial charge on any atom is 0.225 e. The molecular weight excluding hydrogens is 417 g/mol. The minimum Gasteiger partial charge on any atom is -0.341 e. The van der Waals surface area contributed by atoms with Gasteiger partial charge >= 0.3 is 0 Å². The summed E-state index contributed by atoms with van der Waals surface area (Å²) in [4.78, 5) is 11.7. The molecule has 0 saturated carbocycles. The van der Waals surface area contributed by atoms with Gasteiger partial charge in [-0.05, 0) is 49.6 Å². The van der Waals surface area contributed by atoms with Crippen molar-refractivity contribution in [1.29, 1.82) is 5.26 Å². The Morgan fingerprint density at radius 3 is 2.61 bits per heavy atom. The van der Waals surface area contributed by atoms with Gasteiger partial charge in [0.1, 0.15) is 11.9 Å². The zero-order valence-electron chi connectivity index (χ0n) is 18.6. The summed E-state index contributed by atoms with van der Waals surface area (Å²) in [7, 11) is 1.92. The summed E-state index contributed by atoms with van der Waals surface area (Å²) in [5, 5.41) is 14.7. The van der Waals surface area contributed by atoms with Crippen molar-refractivity contribution in [3.8, 4) is 28.5 Å². The Morgan fingerprint density at radius 2 is 1.88 bits per heavy atom. The molecule has 1 aliphatic rings. The molecule has 1 saturated heterocycles. The number of halogens is 1. The first-order chi connectivity index (χ1) is 15.9. The van der Waals surface area contributed by atoms with Crippen LogP contribution in [0.25, 0.3) is 33.3 Å². The van der Waals surface area contributed by atoms with Crippen molar-refractivity contribution >= 4 is 16.9 Å². The minimum atomic E-state index is -0.566. The Kier molecular flexibility index (Phi) is 5.27. The summed E-state index contributed by atoms with van der Waals surface area (Å²) in [5.74, 6) is 0.0349. The van der Waals surface area contributed by atoms with Crippen molar-refractivity contribution in [1.82, 2.24) is 19.7 Å². The first-order valence-corrected chi connectivity index (χ1v) is 11.0. The highest BCUT2D eigenvalue weighted by atomic mass is 19.1. The van der Waals surface area contributed by atoms with Crippen LogP contribution in [-0.2, 0) is 7.05 Å². The Labute approximate surface area is 191 Å². The molecule has 0 aliphatic carbocycles. The molecule has 0 amide bonds. The standard InChI is InChI=1S/C25H24FN7/c1-15-20-11-16(5-6-23(20)31-32(15)2)21-14-29-25(33-9-7-19(28)8-10-33)30-24(21)17-3-4-18(13-27)22(26)12-17/h3-6,11-12,14,19H,7-10,28H2,1-2H3. The molecule has 3 heterocycles. The third-order valence-corrected chi connectivity index (χ3v) is 6.40. The van der Waals surface area contributed by atoms with Gasteiger partial charge in [0.05, 0.1) is 16.8 Å². The summed E-state index contributed by atoms with van der Waals surface area (Å²) in [6, 6.07) is 12.7. The summed E-state index contributed by atoms with van der Waals surface area (Å²) in [6.45, 7) is 3.59. The molecular formula is C25H24FN7. The number of nitriles is 1. The number of hydrogen-bond acceptors (Lipinski definition) is 6. The number of nitrogens with zero attached hydrogens (tertiary/aromatic N) is 6. The van der Waals surface area contributed by atoms with Gasteiger partial charge in [0.2, 0.25) is 5.95 Å². The molecule has 2 aromatic carbocycles. The number of benzene rings is 2. The van der Waals surface area contributed by atoms with Crippen LogP contribution in [0.15, 0.2) is 42.6 Å². The molecule has 0 atom stereocenters. The molecule has 0 spiro atoms. The number of fused-ring (bicyclic) bond motifs is 1. The third-order valence-electron chi connectivity index (χ3n) is 6.40. The molecule has 4 aromatic rings. The predicted octanol–water partition coefficient (Wildman–Crippen LogP) is 3.94. The van der Waals surface area contributed by atoms with Gasteiger partial charge in [-0.2, -0.15) is 10.4 Å². The van der Waals surface area contributed by atoms with Gasteiger partial charge in [-0.1, -0.05) is 12.1 Å². The monoisotopic (exact) mass is 441 g/mol. The Bertz CT molecular complexity index is 1390. The third kappa shape index (κ3) is 3.81. The van der Waals surface area contributed by atoms with E-state index in [1.807, 2.05) is 36.9 Å². The average Bonchev–Trinajstić information content (AvgIpc) is 3.12. The number of nitrogens with two attached hydrogens (primary N) is 1. The van der Waals surface area contributed by atoms with Crippen molar-refractivity contribution < 1.29 is 4.39 Å². The normalized spacial score (nSPS) is 14.6. The first kappa shape index (κ1) is 21.0. The van der Waals surface area contributed by atoms with Crippen LogP contribution in [0.3, 0.4) is 0 Å². The zero-order chi connectivity index (χ0) is 23.1. The van der Waals surface area contributed by atoms with Crippen LogP contribution >= 0.6 is 0 Å². The fraction of sp³-hybridized carbons (Fsp3) is 0.280. The predicted molar refractivity (Wildman–Crippen MR) is 126 cm³/mol. The topological polar surface area (TPSA) is 96.7 Å². The highest BCUT2D eigenvalue weighted by Gasteiger charge is 2.21. The highest BCUT2D eigenvalue weighted by molar-refractivity contribution is 5.90. The van der Waals surface area contributed by atoms with Crippen LogP contribution in [0.1, 0.15) is 24.1 Å². The number of aromatic nitrogens is 4. The number of aryl methyl sites for hydroxylation is 2. The van der Waals surface area contributed by atoms with Gasteiger partial charge in [-0.15, -0.1) is 0 Å². The van der Waals surface area contributed by atoms with Crippen LogP contribution < -0.4 is 10.6 Å². The van der Waals surface area contributed by atoms with E-state index < -0.39 is 5.82 Å². The van der Waals surface area contributed by atoms with E-state index in [1.165, 1.54) is 12.1 Å². The molecule has 8 heteroatoms. The summed E-state index contributed by atoms with van der Waals surface area (Å²) >= 11 is 0. The van der Waals surface area contributed by atoms with E-state index in [0.717, 1.165) is 53.7 Å². The molecule has 7 nitrogen and oxygen atoms in total. The minimum absolute atomic E-state index is 0.00648. The highest BCUT2D eigenvalue weighted by Crippen LogP contribution is 2.34. The van der Waals surface area contributed by atoms with E-state index in [-0.39, 0.29) is 11.6 Å². The largest absolute Gasteiger partial charge is 0.341 e. The Morgan fingerprint density at radius 1 is 1.12 bits per heavy atom. The van der Waals surface area contributed by atoms with E-state index in [1.54, 1.807) is 12.3 Å². The van der Waals surface area contributed by atoms with Crippen LogP contribution in [0.4, 0.5) is 10.3 Å². The number of rotatable bonds is 3. The van der Waals surface area contributed by atoms with Crippen molar-refractivity contribution in [2.45, 2.75) is 25.8 Å². The fourth-order valence-corrected chi connectivity index (χ4v) is 4.30. The smallest absolute Gasteiger partial charge is 0.225 e. The van der Waals surface area contributed by atoms with Crippen LogP contribution in [-0.4, -0.2) is 38.9 Å². The lowest BCUT2D eigenvalue weighted by Gasteiger charge is -2.30. The molecule has 166 valence electrons. The Hall–Kier alpha value is -3.83. The van der Waals surface area contributed by atoms with Gasteiger partial charge in [0.25, 0.3) is 0 Å². The molecule has 2 N–H and O–H groups in total. The molecule has 5 rings (SSSR count). The lowest BCUT2D eigenvalue weighted by molar-refractivity contribution is 0.495. The molecule has 1 aliphatic heterocycles. The number of hydrogen-bond donors (Lipinski definition) is 1. The number of piperidine rings is 1. The first-order valence-electron chi connectivity index (χ1n) is 11.0. The van der Waals surface area contributed by atoms with Crippen LogP contribution in [0, 0.1) is 24.1 Å². The SMILES string of the molecule is Cc1c2cc(-c3cnc(N4CCC(N)CC4)nc3-c3ccc(C#N)c(F)c3)ccc2nn1C. The second-order valence-corrected chi connectivity index (χ2v) is 8.50. The van der Waals surface area contributed by atoms with Gasteiger partial charge in [0, 0.05) is 54.6 Å². The molecule has 0 bridgehead atoms. The summed E-state index contributed by atoms with van der Waals surface area (Å²) in [5.41, 5.74) is 11.0. The zero-order valence-corrected chi connectivity index (χ0v) is 18.6. The fourth-order valence-electron chi connectivity index (χ4n) is 4.30. The summed E-state index contributed by atoms with van der Waals surface area (Å²) in [6.07, 6.45) is 3.56. The van der Waals surface area contributed by atoms with Gasteiger partial charge in [-0.3, -0.25) is 4.68 Å². The van der Waals surface area contributed by atoms with Crippen LogP contribution in [0.5, 0.6) is 0 Å². The molecule has 33 heavy (non-hydrogen) atoms. The maximum absolute atomic E-state index is 14.5. The second-order valence-electron chi connectivity index (χ2n) is 8.50. The molecule has 2 aromatic heterocycles. The molecule has 1 fully saturated rings. The van der Waals surface area contributed by atoms with E-state index in [0.29, 0.717) is 17.2 Å². The van der Waals surface area contributed by atoms with Gasteiger partial charge < -0.3 is 10.6 Å². The van der Waals surface area contributed by atoms with Crippen LogP contribution in [0.2, 0.25) is 0 Å². The quantitative estimate of drug-likeness (QED) is 0.517. The maximum atomic E-state index is 14.5. The number of anilines is 1. The van der Waals surface area contributed by atoms with Crippen molar-refractivity contribution in [2.75, 3.05) is 18.0 Å². The van der Waals surface area contributed by atoms with Crippen molar-refractivity contribution in [2.24, 2.45) is 12.8 Å². The van der Waals surface area contributed by atoms with Crippen molar-refractivity contribution in [3.05, 3.63) is 59.7 Å². The lowest BCUT2D eigenvalue weighted by atomic mass is 9.98. The summed E-state index contributed by atoms with van der Waals surface area (Å²) < 4.78 is 16.4. The molecule has 0 unspecified atom stereocenters. The van der Waals surface area contributed by atoms with Crippen molar-refractivity contribution in [3.63, 3.8) is 0 Å². The van der Waals surface area contributed by atoms with Gasteiger partial charge in [-0.25, -0.2) is 14.4 Å². The lowest BCUT2D eigenvalue weighted by Crippen LogP contribution is -2.40. The second kappa shape index (κ2) is 8.26. The Balaban J connectivity index is 1.66. The van der Waals surface area contributed by atoms with E-state index in [9.17, 15) is 4.39 Å².